The number of carbonyl (C=O) groups is 1. The average Bonchev–Trinajstić information content (AvgIpc) is 2.74. The molecule has 98 valence electrons. The minimum absolute atomic E-state index is 0.0208. The van der Waals surface area contributed by atoms with E-state index in [4.69, 9.17) is 4.74 Å². The number of hydrogen-bond donors (Lipinski definition) is 1. The summed E-state index contributed by atoms with van der Waals surface area (Å²) in [7, 11) is 0. The fourth-order valence-electron chi connectivity index (χ4n) is 3.43. The monoisotopic (exact) mass is 239 g/mol. The van der Waals surface area contributed by atoms with E-state index in [0.717, 1.165) is 13.0 Å². The van der Waals surface area contributed by atoms with E-state index >= 15 is 0 Å². The second-order valence-electron chi connectivity index (χ2n) is 6.12. The molecule has 0 amide bonds. The molecular weight excluding hydrogens is 214 g/mol. The lowest BCUT2D eigenvalue weighted by atomic mass is 9.94. The molecule has 17 heavy (non-hydrogen) atoms. The topological polar surface area (TPSA) is 38.3 Å². The van der Waals surface area contributed by atoms with E-state index in [0.29, 0.717) is 17.8 Å². The molecule has 3 heteroatoms. The summed E-state index contributed by atoms with van der Waals surface area (Å²) in [5.74, 6) is 1.81. The molecule has 0 aromatic heterocycles. The molecule has 2 rings (SSSR count). The summed E-state index contributed by atoms with van der Waals surface area (Å²) < 4.78 is 5.55. The number of esters is 1. The van der Waals surface area contributed by atoms with Gasteiger partial charge in [0.1, 0.15) is 6.04 Å². The molecule has 3 nitrogen and oxygen atoms in total. The Morgan fingerprint density at radius 3 is 2.82 bits per heavy atom. The van der Waals surface area contributed by atoms with Crippen molar-refractivity contribution in [3.63, 3.8) is 0 Å². The van der Waals surface area contributed by atoms with Crippen molar-refractivity contribution in [3.8, 4) is 0 Å². The highest BCUT2D eigenvalue weighted by Crippen LogP contribution is 2.38. The van der Waals surface area contributed by atoms with Gasteiger partial charge < -0.3 is 10.1 Å². The van der Waals surface area contributed by atoms with Crippen LogP contribution in [0.15, 0.2) is 0 Å². The lowest BCUT2D eigenvalue weighted by molar-refractivity contribution is -0.152. The maximum Gasteiger partial charge on any atom is 0.323 e. The van der Waals surface area contributed by atoms with Crippen LogP contribution in [0.25, 0.3) is 0 Å². The minimum Gasteiger partial charge on any atom is -0.461 e. The Balaban J connectivity index is 1.83. The van der Waals surface area contributed by atoms with Crippen molar-refractivity contribution in [2.45, 2.75) is 58.6 Å². The van der Waals surface area contributed by atoms with Gasteiger partial charge >= 0.3 is 5.97 Å². The maximum absolute atomic E-state index is 12.1. The molecular formula is C14H25NO2. The Kier molecular flexibility index (Phi) is 4.08. The van der Waals surface area contributed by atoms with Crippen molar-refractivity contribution in [1.29, 1.82) is 0 Å². The third kappa shape index (κ3) is 3.01. The van der Waals surface area contributed by atoms with Gasteiger partial charge in [-0.05, 0) is 50.5 Å². The van der Waals surface area contributed by atoms with Gasteiger partial charge in [-0.3, -0.25) is 4.79 Å². The summed E-state index contributed by atoms with van der Waals surface area (Å²) in [5.41, 5.74) is 0. The van der Waals surface area contributed by atoms with Crippen molar-refractivity contribution in [2.75, 3.05) is 6.54 Å². The van der Waals surface area contributed by atoms with E-state index in [-0.39, 0.29) is 18.1 Å². The van der Waals surface area contributed by atoms with Crippen LogP contribution in [-0.4, -0.2) is 24.7 Å². The second kappa shape index (κ2) is 5.38. The largest absolute Gasteiger partial charge is 0.461 e. The first-order valence-corrected chi connectivity index (χ1v) is 7.01. The van der Waals surface area contributed by atoms with Gasteiger partial charge in [-0.25, -0.2) is 0 Å². The summed E-state index contributed by atoms with van der Waals surface area (Å²) in [4.78, 5) is 12.1. The van der Waals surface area contributed by atoms with Crippen LogP contribution >= 0.6 is 0 Å². The number of rotatable bonds is 4. The van der Waals surface area contributed by atoms with Crippen molar-refractivity contribution >= 4 is 5.97 Å². The predicted molar refractivity (Wildman–Crippen MR) is 67.6 cm³/mol. The summed E-state index contributed by atoms with van der Waals surface area (Å²) in [6.45, 7) is 7.32. The molecule has 0 aromatic carbocycles. The molecule has 1 aliphatic carbocycles. The lowest BCUT2D eigenvalue weighted by Gasteiger charge is -2.21. The zero-order valence-electron chi connectivity index (χ0n) is 11.2. The van der Waals surface area contributed by atoms with E-state index in [1.165, 1.54) is 19.3 Å². The van der Waals surface area contributed by atoms with Crippen LogP contribution in [0.1, 0.15) is 46.5 Å². The summed E-state index contributed by atoms with van der Waals surface area (Å²) >= 11 is 0. The molecule has 0 bridgehead atoms. The predicted octanol–water partition coefficient (Wildman–Crippen LogP) is 2.35. The first-order valence-electron chi connectivity index (χ1n) is 7.01. The van der Waals surface area contributed by atoms with Gasteiger partial charge in [0.25, 0.3) is 0 Å². The molecule has 0 radical (unpaired) electrons. The Labute approximate surface area is 104 Å². The van der Waals surface area contributed by atoms with Crippen molar-refractivity contribution in [2.24, 2.45) is 17.8 Å². The van der Waals surface area contributed by atoms with Crippen LogP contribution in [0.4, 0.5) is 0 Å². The third-order valence-corrected chi connectivity index (χ3v) is 4.12. The van der Waals surface area contributed by atoms with Crippen LogP contribution < -0.4 is 5.32 Å². The second-order valence-corrected chi connectivity index (χ2v) is 6.12. The Bertz CT molecular complexity index is 277. The maximum atomic E-state index is 12.1. The summed E-state index contributed by atoms with van der Waals surface area (Å²) in [5, 5.41) is 3.34. The number of hydrogen-bond acceptors (Lipinski definition) is 3. The van der Waals surface area contributed by atoms with Crippen LogP contribution in [-0.2, 0) is 9.53 Å². The molecule has 0 aromatic rings. The van der Waals surface area contributed by atoms with Gasteiger partial charge in [-0.15, -0.1) is 0 Å². The molecule has 1 saturated carbocycles. The fraction of sp³-hybridized carbons (Fsp3) is 0.929. The number of carbonyl (C=O) groups excluding carboxylic acids is 1. The molecule has 4 unspecified atom stereocenters. The van der Waals surface area contributed by atoms with Gasteiger partial charge in [0, 0.05) is 0 Å². The SMILES string of the molecule is CC(C)CC(C)OC(=O)C1NCC2CCCC21. The van der Waals surface area contributed by atoms with Gasteiger partial charge in [0.15, 0.2) is 0 Å². The molecule has 1 aliphatic heterocycles. The summed E-state index contributed by atoms with van der Waals surface area (Å²) in [6, 6.07) is -0.0305. The van der Waals surface area contributed by atoms with Crippen LogP contribution in [0, 0.1) is 17.8 Å². The van der Waals surface area contributed by atoms with E-state index < -0.39 is 0 Å². The highest BCUT2D eigenvalue weighted by atomic mass is 16.5. The van der Waals surface area contributed by atoms with Crippen molar-refractivity contribution < 1.29 is 9.53 Å². The van der Waals surface area contributed by atoms with E-state index in [1.54, 1.807) is 0 Å². The highest BCUT2D eigenvalue weighted by Gasteiger charge is 2.43. The van der Waals surface area contributed by atoms with Crippen LogP contribution in [0.3, 0.4) is 0 Å². The standard InChI is InChI=1S/C14H25NO2/c1-9(2)7-10(3)17-14(16)13-12-6-4-5-11(12)8-15-13/h9-13,15H,4-8H2,1-3H3. The molecule has 1 N–H and O–H groups in total. The normalized spacial score (nSPS) is 33.8. The molecule has 2 fully saturated rings. The van der Waals surface area contributed by atoms with Crippen LogP contribution in [0.2, 0.25) is 0 Å². The minimum atomic E-state index is -0.0305. The van der Waals surface area contributed by atoms with Gasteiger partial charge in [-0.1, -0.05) is 20.3 Å². The Morgan fingerprint density at radius 2 is 2.12 bits per heavy atom. The number of fused-ring (bicyclic) bond motifs is 1. The van der Waals surface area contributed by atoms with E-state index in [9.17, 15) is 4.79 Å². The van der Waals surface area contributed by atoms with Gasteiger partial charge in [0.05, 0.1) is 6.10 Å². The fourth-order valence-corrected chi connectivity index (χ4v) is 3.43. The summed E-state index contributed by atoms with van der Waals surface area (Å²) in [6.07, 6.45) is 4.75. The molecule has 1 heterocycles. The Hall–Kier alpha value is -0.570. The number of nitrogens with one attached hydrogen (secondary N) is 1. The van der Waals surface area contributed by atoms with Crippen molar-refractivity contribution in [3.05, 3.63) is 0 Å². The molecule has 1 saturated heterocycles. The highest BCUT2D eigenvalue weighted by molar-refractivity contribution is 5.77. The molecule has 4 atom stereocenters. The van der Waals surface area contributed by atoms with Gasteiger partial charge in [-0.2, -0.15) is 0 Å². The van der Waals surface area contributed by atoms with E-state index in [1.807, 2.05) is 6.92 Å². The van der Waals surface area contributed by atoms with Crippen LogP contribution in [0.5, 0.6) is 0 Å². The number of ether oxygens (including phenoxy) is 1. The zero-order valence-corrected chi connectivity index (χ0v) is 11.2. The Morgan fingerprint density at radius 1 is 1.35 bits per heavy atom. The molecule has 0 spiro atoms. The molecule has 2 aliphatic rings. The zero-order chi connectivity index (χ0) is 12.4. The smallest absolute Gasteiger partial charge is 0.323 e. The van der Waals surface area contributed by atoms with Crippen molar-refractivity contribution in [1.82, 2.24) is 5.32 Å². The van der Waals surface area contributed by atoms with Gasteiger partial charge in [0.2, 0.25) is 0 Å². The van der Waals surface area contributed by atoms with E-state index in [2.05, 4.69) is 19.2 Å². The first-order chi connectivity index (χ1) is 8.08. The lowest BCUT2D eigenvalue weighted by Crippen LogP contribution is -2.38. The third-order valence-electron chi connectivity index (χ3n) is 4.12. The first kappa shape index (κ1) is 12.9. The quantitative estimate of drug-likeness (QED) is 0.765. The average molecular weight is 239 g/mol.